The number of halogens is 4. The van der Waals surface area contributed by atoms with E-state index in [0.717, 1.165) is 11.8 Å². The van der Waals surface area contributed by atoms with E-state index in [9.17, 15) is 13.6 Å². The molecule has 1 fully saturated rings. The number of carbonyl (C=O) groups is 1. The van der Waals surface area contributed by atoms with Crippen molar-refractivity contribution in [3.63, 3.8) is 0 Å². The molecule has 2 N–H and O–H groups in total. The van der Waals surface area contributed by atoms with Crippen LogP contribution in [-0.2, 0) is 9.53 Å². The lowest BCUT2D eigenvalue weighted by Gasteiger charge is -2.23. The molecule has 1 aromatic rings. The van der Waals surface area contributed by atoms with Crippen molar-refractivity contribution in [1.29, 1.82) is 0 Å². The molecule has 1 aliphatic rings. The van der Waals surface area contributed by atoms with Crippen LogP contribution < -0.4 is 10.6 Å². The Morgan fingerprint density at radius 1 is 1.55 bits per heavy atom. The van der Waals surface area contributed by atoms with Gasteiger partial charge < -0.3 is 15.4 Å². The number of alkyl halides is 2. The zero-order valence-electron chi connectivity index (χ0n) is 11.5. The number of hydrogen-bond acceptors (Lipinski definition) is 4. The molecule has 0 saturated carbocycles. The Bertz CT molecular complexity index is 503. The second-order valence-corrected chi connectivity index (χ2v) is 5.81. The molecule has 2 rings (SSSR count). The molecular weight excluding hydrogens is 357 g/mol. The van der Waals surface area contributed by atoms with Gasteiger partial charge in [0.2, 0.25) is 6.43 Å². The monoisotopic (exact) mass is 372 g/mol. The molecule has 1 aromatic carbocycles. The maximum Gasteiger partial charge on any atom is 0.254 e. The van der Waals surface area contributed by atoms with E-state index in [0.29, 0.717) is 35.3 Å². The average Bonchev–Trinajstić information content (AvgIpc) is 2.47. The summed E-state index contributed by atoms with van der Waals surface area (Å²) in [7, 11) is 0. The van der Waals surface area contributed by atoms with Crippen LogP contribution in [-0.4, -0.2) is 43.9 Å². The van der Waals surface area contributed by atoms with Crippen molar-refractivity contribution >= 4 is 47.4 Å². The fraction of sp³-hybridized carbons (Fsp3) is 0.462. The van der Waals surface area contributed by atoms with Crippen LogP contribution in [0.4, 0.5) is 14.5 Å². The third-order valence-corrected chi connectivity index (χ3v) is 4.37. The van der Waals surface area contributed by atoms with Crippen molar-refractivity contribution in [3.8, 4) is 0 Å². The first-order chi connectivity index (χ1) is 10.1. The second kappa shape index (κ2) is 9.52. The van der Waals surface area contributed by atoms with Crippen molar-refractivity contribution in [3.05, 3.63) is 23.2 Å². The summed E-state index contributed by atoms with van der Waals surface area (Å²) in [6.45, 7) is 1.59. The quantitative estimate of drug-likeness (QED) is 0.779. The number of thioether (sulfide) groups is 1. The normalized spacial score (nSPS) is 17.9. The first-order valence-electron chi connectivity index (χ1n) is 6.40. The maximum atomic E-state index is 12.4. The van der Waals surface area contributed by atoms with Crippen molar-refractivity contribution < 1.29 is 18.3 Å². The van der Waals surface area contributed by atoms with Gasteiger partial charge in [-0.05, 0) is 12.1 Å². The lowest BCUT2D eigenvalue weighted by molar-refractivity contribution is -0.128. The van der Waals surface area contributed by atoms with Crippen LogP contribution in [0.1, 0.15) is 0 Å². The average molecular weight is 373 g/mol. The van der Waals surface area contributed by atoms with E-state index in [4.69, 9.17) is 16.3 Å². The molecule has 124 valence electrons. The molecule has 1 amide bonds. The highest BCUT2D eigenvalue weighted by molar-refractivity contribution is 7.99. The van der Waals surface area contributed by atoms with E-state index in [2.05, 4.69) is 10.6 Å². The van der Waals surface area contributed by atoms with Gasteiger partial charge in [-0.2, -0.15) is 0 Å². The first-order valence-corrected chi connectivity index (χ1v) is 7.77. The topological polar surface area (TPSA) is 50.4 Å². The SMILES string of the molecule is Cl.O=C(Nc1cccc(Cl)c1SCC(F)F)C1CNCCO1. The van der Waals surface area contributed by atoms with Gasteiger partial charge in [0.1, 0.15) is 6.10 Å². The molecule has 22 heavy (non-hydrogen) atoms. The fourth-order valence-electron chi connectivity index (χ4n) is 1.85. The third-order valence-electron chi connectivity index (χ3n) is 2.80. The fourth-order valence-corrected chi connectivity index (χ4v) is 2.96. The maximum absolute atomic E-state index is 12.4. The molecule has 1 aliphatic heterocycles. The van der Waals surface area contributed by atoms with Crippen LogP contribution in [0.25, 0.3) is 0 Å². The molecule has 0 radical (unpaired) electrons. The van der Waals surface area contributed by atoms with E-state index < -0.39 is 12.5 Å². The molecule has 0 spiro atoms. The van der Waals surface area contributed by atoms with Crippen molar-refractivity contribution in [1.82, 2.24) is 5.32 Å². The van der Waals surface area contributed by atoms with Crippen LogP contribution in [0.15, 0.2) is 23.1 Å². The van der Waals surface area contributed by atoms with Crippen LogP contribution in [0.5, 0.6) is 0 Å². The molecular formula is C13H16Cl2F2N2O2S. The highest BCUT2D eigenvalue weighted by Crippen LogP contribution is 2.35. The summed E-state index contributed by atoms with van der Waals surface area (Å²) in [6.07, 6.45) is -3.04. The molecule has 0 aromatic heterocycles. The summed E-state index contributed by atoms with van der Waals surface area (Å²) in [5.74, 6) is -0.697. The number of ether oxygens (including phenoxy) is 1. The summed E-state index contributed by atoms with van der Waals surface area (Å²) >= 11 is 6.94. The Morgan fingerprint density at radius 3 is 2.95 bits per heavy atom. The molecule has 0 aliphatic carbocycles. The van der Waals surface area contributed by atoms with Gasteiger partial charge in [-0.15, -0.1) is 24.2 Å². The summed E-state index contributed by atoms with van der Waals surface area (Å²) in [6, 6.07) is 4.89. The van der Waals surface area contributed by atoms with Gasteiger partial charge in [0.25, 0.3) is 5.91 Å². The number of hydrogen-bond donors (Lipinski definition) is 2. The van der Waals surface area contributed by atoms with Gasteiger partial charge in [-0.1, -0.05) is 17.7 Å². The van der Waals surface area contributed by atoms with Crippen LogP contribution in [0.3, 0.4) is 0 Å². The van der Waals surface area contributed by atoms with Gasteiger partial charge in [0.15, 0.2) is 0 Å². The standard InChI is InChI=1S/C13H15ClF2N2O2S.ClH/c14-8-2-1-3-9(12(8)21-7-11(15)16)18-13(19)10-6-17-4-5-20-10;/h1-3,10-11,17H,4-7H2,(H,18,19);1H. The Kier molecular flexibility index (Phi) is 8.41. The minimum Gasteiger partial charge on any atom is -0.366 e. The van der Waals surface area contributed by atoms with Crippen molar-refractivity contribution in [2.75, 3.05) is 30.8 Å². The zero-order valence-corrected chi connectivity index (χ0v) is 13.9. The number of rotatable bonds is 5. The first kappa shape index (κ1) is 19.4. The van der Waals surface area contributed by atoms with Gasteiger partial charge in [-0.25, -0.2) is 8.78 Å². The number of carbonyl (C=O) groups excluding carboxylic acids is 1. The molecule has 1 atom stereocenters. The van der Waals surface area contributed by atoms with E-state index in [1.165, 1.54) is 0 Å². The highest BCUT2D eigenvalue weighted by Gasteiger charge is 2.23. The zero-order chi connectivity index (χ0) is 15.2. The highest BCUT2D eigenvalue weighted by atomic mass is 35.5. The minimum atomic E-state index is -2.44. The summed E-state index contributed by atoms with van der Waals surface area (Å²) in [4.78, 5) is 12.5. The van der Waals surface area contributed by atoms with Gasteiger partial charge in [0.05, 0.1) is 23.1 Å². The Balaban J connectivity index is 0.00000242. The molecule has 9 heteroatoms. The molecule has 1 saturated heterocycles. The van der Waals surface area contributed by atoms with Gasteiger partial charge >= 0.3 is 0 Å². The van der Waals surface area contributed by atoms with Gasteiger partial charge in [-0.3, -0.25) is 4.79 Å². The third kappa shape index (κ3) is 5.55. The summed E-state index contributed by atoms with van der Waals surface area (Å²) < 4.78 is 30.1. The number of morpholine rings is 1. The molecule has 1 unspecified atom stereocenters. The van der Waals surface area contributed by atoms with Crippen LogP contribution in [0.2, 0.25) is 5.02 Å². The Hall–Kier alpha value is -0.600. The molecule has 1 heterocycles. The van der Waals surface area contributed by atoms with Crippen LogP contribution in [0, 0.1) is 0 Å². The van der Waals surface area contributed by atoms with E-state index >= 15 is 0 Å². The second-order valence-electron chi connectivity index (χ2n) is 4.37. The molecule has 4 nitrogen and oxygen atoms in total. The number of benzene rings is 1. The van der Waals surface area contributed by atoms with Crippen molar-refractivity contribution in [2.24, 2.45) is 0 Å². The van der Waals surface area contributed by atoms with E-state index in [1.807, 2.05) is 0 Å². The number of amides is 1. The number of anilines is 1. The number of nitrogens with one attached hydrogen (secondary N) is 2. The van der Waals surface area contributed by atoms with Crippen LogP contribution >= 0.6 is 35.8 Å². The Labute approximate surface area is 142 Å². The van der Waals surface area contributed by atoms with E-state index in [1.54, 1.807) is 18.2 Å². The Morgan fingerprint density at radius 2 is 2.32 bits per heavy atom. The molecule has 0 bridgehead atoms. The smallest absolute Gasteiger partial charge is 0.254 e. The van der Waals surface area contributed by atoms with Crippen molar-refractivity contribution in [2.45, 2.75) is 17.4 Å². The lowest BCUT2D eigenvalue weighted by Crippen LogP contribution is -2.45. The predicted octanol–water partition coefficient (Wildman–Crippen LogP) is 3.05. The predicted molar refractivity (Wildman–Crippen MR) is 86.7 cm³/mol. The summed E-state index contributed by atoms with van der Waals surface area (Å²) in [5.41, 5.74) is 0.423. The van der Waals surface area contributed by atoms with E-state index in [-0.39, 0.29) is 24.1 Å². The van der Waals surface area contributed by atoms with Gasteiger partial charge in [0, 0.05) is 18.0 Å². The summed E-state index contributed by atoms with van der Waals surface area (Å²) in [5, 5.41) is 6.08. The largest absolute Gasteiger partial charge is 0.366 e. The minimum absolute atomic E-state index is 0. The lowest BCUT2D eigenvalue weighted by atomic mass is 10.2.